The van der Waals surface area contributed by atoms with E-state index in [0.717, 1.165) is 31.9 Å². The molecule has 2 N–H and O–H groups in total. The van der Waals surface area contributed by atoms with Crippen LogP contribution in [0.5, 0.6) is 0 Å². The van der Waals surface area contributed by atoms with E-state index in [1.807, 2.05) is 19.1 Å². The zero-order valence-corrected chi connectivity index (χ0v) is 11.8. The van der Waals surface area contributed by atoms with Gasteiger partial charge in [-0.25, -0.2) is 0 Å². The van der Waals surface area contributed by atoms with Crippen LogP contribution in [0.1, 0.15) is 18.2 Å². The van der Waals surface area contributed by atoms with Crippen molar-refractivity contribution in [2.45, 2.75) is 33.0 Å². The van der Waals surface area contributed by atoms with Crippen LogP contribution in [0, 0.1) is 6.92 Å². The zero-order valence-electron chi connectivity index (χ0n) is 11.8. The first-order valence-electron chi connectivity index (χ1n) is 6.89. The van der Waals surface area contributed by atoms with Gasteiger partial charge in [0, 0.05) is 30.9 Å². The average molecular weight is 265 g/mol. The molecular weight excluding hydrogens is 242 g/mol. The lowest BCUT2D eigenvalue weighted by molar-refractivity contribution is -0.0349. The van der Waals surface area contributed by atoms with Crippen molar-refractivity contribution in [2.24, 2.45) is 5.73 Å². The van der Waals surface area contributed by atoms with Crippen LogP contribution in [0.2, 0.25) is 0 Å². The van der Waals surface area contributed by atoms with Gasteiger partial charge in [0.1, 0.15) is 0 Å². The van der Waals surface area contributed by atoms with Crippen molar-refractivity contribution >= 4 is 0 Å². The lowest BCUT2D eigenvalue weighted by atomic mass is 10.2. The van der Waals surface area contributed by atoms with Crippen LogP contribution in [-0.4, -0.2) is 41.8 Å². The van der Waals surface area contributed by atoms with Crippen molar-refractivity contribution in [2.75, 3.05) is 26.2 Å². The highest BCUT2D eigenvalue weighted by Crippen LogP contribution is 2.08. The fourth-order valence-electron chi connectivity index (χ4n) is 2.48. The number of hydrogen-bond donors (Lipinski definition) is 1. The summed E-state index contributed by atoms with van der Waals surface area (Å²) in [5.74, 6) is 0. The third-order valence-corrected chi connectivity index (χ3v) is 3.75. The third kappa shape index (κ3) is 3.23. The van der Waals surface area contributed by atoms with Crippen LogP contribution in [-0.2, 0) is 17.8 Å². The Bertz CT molecular complexity index is 484. The van der Waals surface area contributed by atoms with Crippen molar-refractivity contribution in [3.8, 4) is 0 Å². The predicted octanol–water partition coefficient (Wildman–Crippen LogP) is 0.336. The topological polar surface area (TPSA) is 60.5 Å². The Balaban J connectivity index is 2.16. The predicted molar refractivity (Wildman–Crippen MR) is 75.2 cm³/mol. The summed E-state index contributed by atoms with van der Waals surface area (Å²) in [7, 11) is 0. The Morgan fingerprint density at radius 1 is 1.47 bits per heavy atom. The van der Waals surface area contributed by atoms with E-state index in [2.05, 4.69) is 11.8 Å². The van der Waals surface area contributed by atoms with Crippen LogP contribution in [0.3, 0.4) is 0 Å². The number of ether oxygens (including phenoxy) is 1. The second-order valence-corrected chi connectivity index (χ2v) is 5.01. The van der Waals surface area contributed by atoms with Gasteiger partial charge in [-0.1, -0.05) is 13.0 Å². The molecule has 1 aromatic heterocycles. The molecule has 0 aliphatic carbocycles. The average Bonchev–Trinajstić information content (AvgIpc) is 2.44. The number of rotatable bonds is 4. The third-order valence-electron chi connectivity index (χ3n) is 3.75. The van der Waals surface area contributed by atoms with Crippen LogP contribution in [0.15, 0.2) is 16.9 Å². The summed E-state index contributed by atoms with van der Waals surface area (Å²) in [5.41, 5.74) is 7.23. The largest absolute Gasteiger partial charge is 0.374 e. The molecule has 1 aliphatic rings. The molecule has 5 nitrogen and oxygen atoms in total. The van der Waals surface area contributed by atoms with Crippen molar-refractivity contribution < 1.29 is 4.74 Å². The first-order valence-corrected chi connectivity index (χ1v) is 6.89. The number of aromatic nitrogens is 1. The lowest BCUT2D eigenvalue weighted by Gasteiger charge is -2.32. The summed E-state index contributed by atoms with van der Waals surface area (Å²) < 4.78 is 7.55. The Hall–Kier alpha value is -1.17. The van der Waals surface area contributed by atoms with E-state index in [4.69, 9.17) is 10.5 Å². The van der Waals surface area contributed by atoms with Gasteiger partial charge in [0.05, 0.1) is 19.3 Å². The molecule has 1 fully saturated rings. The molecule has 19 heavy (non-hydrogen) atoms. The highest BCUT2D eigenvalue weighted by Gasteiger charge is 2.20. The molecule has 2 rings (SSSR count). The van der Waals surface area contributed by atoms with Gasteiger partial charge in [-0.15, -0.1) is 0 Å². The summed E-state index contributed by atoms with van der Waals surface area (Å²) in [6.45, 7) is 8.61. The monoisotopic (exact) mass is 265 g/mol. The summed E-state index contributed by atoms with van der Waals surface area (Å²) in [6.07, 6.45) is 0.0816. The van der Waals surface area contributed by atoms with E-state index in [-0.39, 0.29) is 18.2 Å². The molecule has 1 aliphatic heterocycles. The maximum atomic E-state index is 12.3. The summed E-state index contributed by atoms with van der Waals surface area (Å²) in [4.78, 5) is 14.6. The molecule has 1 saturated heterocycles. The first-order chi connectivity index (χ1) is 9.15. The quantitative estimate of drug-likeness (QED) is 0.852. The maximum Gasteiger partial charge on any atom is 0.255 e. The summed E-state index contributed by atoms with van der Waals surface area (Å²) in [6, 6.07) is 3.76. The van der Waals surface area contributed by atoms with Gasteiger partial charge < -0.3 is 15.0 Å². The minimum atomic E-state index is 0.0136. The van der Waals surface area contributed by atoms with Crippen molar-refractivity contribution in [3.63, 3.8) is 0 Å². The molecule has 0 radical (unpaired) electrons. The molecule has 2 heterocycles. The number of likely N-dealkylation sites (N-methyl/N-ethyl adjacent to an activating group) is 1. The standard InChI is InChI=1S/C14H23N3O2/c1-3-16-6-7-19-13(9-16)10-17-11(2)4-5-12(8-15)14(17)18/h4-5,13H,3,6-10,15H2,1-2H3. The number of pyridine rings is 1. The van der Waals surface area contributed by atoms with Gasteiger partial charge in [-0.2, -0.15) is 0 Å². The number of nitrogens with zero attached hydrogens (tertiary/aromatic N) is 2. The van der Waals surface area contributed by atoms with Crippen LogP contribution in [0.25, 0.3) is 0 Å². The Morgan fingerprint density at radius 2 is 2.26 bits per heavy atom. The van der Waals surface area contributed by atoms with Crippen LogP contribution in [0.4, 0.5) is 0 Å². The minimum Gasteiger partial charge on any atom is -0.374 e. The molecule has 0 bridgehead atoms. The second kappa shape index (κ2) is 6.32. The van der Waals surface area contributed by atoms with Crippen LogP contribution < -0.4 is 11.3 Å². The van der Waals surface area contributed by atoms with Crippen LogP contribution >= 0.6 is 0 Å². The lowest BCUT2D eigenvalue weighted by Crippen LogP contribution is -2.45. The van der Waals surface area contributed by atoms with Crippen molar-refractivity contribution in [1.29, 1.82) is 0 Å². The second-order valence-electron chi connectivity index (χ2n) is 5.01. The number of nitrogens with two attached hydrogens (primary N) is 1. The van der Waals surface area contributed by atoms with Gasteiger partial charge in [-0.05, 0) is 19.5 Å². The van der Waals surface area contributed by atoms with Gasteiger partial charge >= 0.3 is 0 Å². The Morgan fingerprint density at radius 3 is 2.95 bits per heavy atom. The molecule has 0 aromatic carbocycles. The van der Waals surface area contributed by atoms with Crippen molar-refractivity contribution in [3.05, 3.63) is 33.7 Å². The Labute approximate surface area is 114 Å². The fraction of sp³-hybridized carbons (Fsp3) is 0.643. The molecule has 1 aromatic rings. The highest BCUT2D eigenvalue weighted by molar-refractivity contribution is 5.15. The molecular formula is C14H23N3O2. The molecule has 0 spiro atoms. The SMILES string of the molecule is CCN1CCOC(Cn2c(C)ccc(CN)c2=O)C1. The molecule has 0 amide bonds. The first kappa shape index (κ1) is 14.2. The Kier molecular flexibility index (Phi) is 4.74. The number of hydrogen-bond acceptors (Lipinski definition) is 4. The zero-order chi connectivity index (χ0) is 13.8. The fourth-order valence-corrected chi connectivity index (χ4v) is 2.48. The van der Waals surface area contributed by atoms with Gasteiger partial charge in [0.2, 0.25) is 0 Å². The molecule has 0 saturated carbocycles. The van der Waals surface area contributed by atoms with E-state index in [1.54, 1.807) is 4.57 Å². The molecule has 1 unspecified atom stereocenters. The van der Waals surface area contributed by atoms with E-state index < -0.39 is 0 Å². The number of aryl methyl sites for hydroxylation is 1. The highest BCUT2D eigenvalue weighted by atomic mass is 16.5. The van der Waals surface area contributed by atoms with Crippen molar-refractivity contribution in [1.82, 2.24) is 9.47 Å². The maximum absolute atomic E-state index is 12.3. The van der Waals surface area contributed by atoms with E-state index in [0.29, 0.717) is 12.1 Å². The summed E-state index contributed by atoms with van der Waals surface area (Å²) >= 11 is 0. The van der Waals surface area contributed by atoms with E-state index in [9.17, 15) is 4.79 Å². The van der Waals surface area contributed by atoms with Gasteiger partial charge in [0.25, 0.3) is 5.56 Å². The molecule has 5 heteroatoms. The molecule has 1 atom stereocenters. The normalized spacial score (nSPS) is 20.7. The van der Waals surface area contributed by atoms with Gasteiger partial charge in [0.15, 0.2) is 0 Å². The van der Waals surface area contributed by atoms with E-state index >= 15 is 0 Å². The smallest absolute Gasteiger partial charge is 0.255 e. The molecule has 106 valence electrons. The summed E-state index contributed by atoms with van der Waals surface area (Å²) in [5, 5.41) is 0. The number of morpholine rings is 1. The van der Waals surface area contributed by atoms with E-state index in [1.165, 1.54) is 0 Å². The van der Waals surface area contributed by atoms with Gasteiger partial charge in [-0.3, -0.25) is 9.69 Å². The minimum absolute atomic E-state index is 0.0136.